The highest BCUT2D eigenvalue weighted by Gasteiger charge is 2.12. The summed E-state index contributed by atoms with van der Waals surface area (Å²) >= 11 is 0. The minimum atomic E-state index is -1.04. The smallest absolute Gasteiger partial charge is 0.257 e. The number of hydrogen-bond donors (Lipinski definition) is 3. The second-order valence-electron chi connectivity index (χ2n) is 7.26. The van der Waals surface area contributed by atoms with Gasteiger partial charge in [-0.25, -0.2) is 4.39 Å². The van der Waals surface area contributed by atoms with E-state index in [0.717, 1.165) is 22.4 Å². The number of amides is 2. The molecule has 6 nitrogen and oxygen atoms in total. The Morgan fingerprint density at radius 3 is 2.65 bits per heavy atom. The van der Waals surface area contributed by atoms with Gasteiger partial charge in [0.1, 0.15) is 0 Å². The maximum atomic E-state index is 12.5. The molecule has 0 saturated carbocycles. The Morgan fingerprint density at radius 2 is 1.87 bits per heavy atom. The standard InChI is InChI=1S/C24H25FN4O2/c1-16-10-20(14-26-13-16)24(31)29-21-8-5-7-18(11-21)17(2)28-22-9-4-3-6-19(22)15-27-23(30)12-25/h3-11,13-14,17,28H,12,15H2,1-2H3,(H,27,30)(H,29,31)/t17-/m0/s1. The number of nitrogens with one attached hydrogen (secondary N) is 3. The highest BCUT2D eigenvalue weighted by atomic mass is 19.1. The molecule has 0 saturated heterocycles. The molecule has 1 atom stereocenters. The van der Waals surface area contributed by atoms with E-state index in [4.69, 9.17) is 0 Å². The van der Waals surface area contributed by atoms with Crippen molar-refractivity contribution in [3.8, 4) is 0 Å². The lowest BCUT2D eigenvalue weighted by Crippen LogP contribution is -2.24. The molecule has 0 fully saturated rings. The molecule has 2 aromatic carbocycles. The third-order valence-corrected chi connectivity index (χ3v) is 4.77. The van der Waals surface area contributed by atoms with E-state index in [1.165, 1.54) is 6.20 Å². The van der Waals surface area contributed by atoms with Gasteiger partial charge in [0.05, 0.1) is 5.56 Å². The summed E-state index contributed by atoms with van der Waals surface area (Å²) in [6.07, 6.45) is 3.24. The number of carbonyl (C=O) groups is 2. The van der Waals surface area contributed by atoms with Crippen molar-refractivity contribution in [1.82, 2.24) is 10.3 Å². The first-order chi connectivity index (χ1) is 15.0. The second-order valence-corrected chi connectivity index (χ2v) is 7.26. The number of carbonyl (C=O) groups excluding carboxylic acids is 2. The van der Waals surface area contributed by atoms with Gasteiger partial charge >= 0.3 is 0 Å². The van der Waals surface area contributed by atoms with Gasteiger partial charge in [-0.1, -0.05) is 30.3 Å². The lowest BCUT2D eigenvalue weighted by Gasteiger charge is -2.19. The van der Waals surface area contributed by atoms with Crippen LogP contribution in [0.4, 0.5) is 15.8 Å². The molecule has 0 unspecified atom stereocenters. The summed E-state index contributed by atoms with van der Waals surface area (Å²) in [4.78, 5) is 27.8. The molecule has 2 amide bonds. The third-order valence-electron chi connectivity index (χ3n) is 4.77. The van der Waals surface area contributed by atoms with Crippen LogP contribution in [0.5, 0.6) is 0 Å². The van der Waals surface area contributed by atoms with Gasteiger partial charge in [0.15, 0.2) is 6.67 Å². The Kier molecular flexibility index (Phi) is 7.32. The Bertz CT molecular complexity index is 1070. The van der Waals surface area contributed by atoms with Crippen LogP contribution in [0.25, 0.3) is 0 Å². The molecule has 0 radical (unpaired) electrons. The second kappa shape index (κ2) is 10.3. The van der Waals surface area contributed by atoms with E-state index in [-0.39, 0.29) is 18.5 Å². The first kappa shape index (κ1) is 22.0. The number of hydrogen-bond acceptors (Lipinski definition) is 4. The number of pyridine rings is 1. The number of para-hydroxylation sites is 1. The molecule has 160 valence electrons. The van der Waals surface area contributed by atoms with E-state index in [9.17, 15) is 14.0 Å². The Hall–Kier alpha value is -3.74. The topological polar surface area (TPSA) is 83.1 Å². The SMILES string of the molecule is Cc1cncc(C(=O)Nc2cccc([C@H](C)Nc3ccccc3CNC(=O)CF)c2)c1. The van der Waals surface area contributed by atoms with Gasteiger partial charge in [0, 0.05) is 36.4 Å². The average Bonchev–Trinajstić information content (AvgIpc) is 2.78. The molecule has 0 bridgehead atoms. The predicted octanol–water partition coefficient (Wildman–Crippen LogP) is 4.40. The lowest BCUT2D eigenvalue weighted by atomic mass is 10.1. The minimum absolute atomic E-state index is 0.0736. The largest absolute Gasteiger partial charge is 0.378 e. The molecular weight excluding hydrogens is 395 g/mol. The molecule has 0 spiro atoms. The van der Waals surface area contributed by atoms with Gasteiger partial charge < -0.3 is 16.0 Å². The quantitative estimate of drug-likeness (QED) is 0.504. The molecule has 3 N–H and O–H groups in total. The van der Waals surface area contributed by atoms with Gasteiger partial charge in [-0.3, -0.25) is 14.6 Å². The van der Waals surface area contributed by atoms with E-state index >= 15 is 0 Å². The van der Waals surface area contributed by atoms with Crippen LogP contribution < -0.4 is 16.0 Å². The summed E-state index contributed by atoms with van der Waals surface area (Å²) in [5.41, 5.74) is 4.77. The van der Waals surface area contributed by atoms with Crippen molar-refractivity contribution in [2.45, 2.75) is 26.4 Å². The van der Waals surface area contributed by atoms with Crippen LogP contribution in [0.1, 0.15) is 40.0 Å². The average molecular weight is 420 g/mol. The Balaban J connectivity index is 1.70. The molecule has 3 rings (SSSR count). The van der Waals surface area contributed by atoms with Crippen LogP contribution in [-0.2, 0) is 11.3 Å². The third kappa shape index (κ3) is 6.12. The minimum Gasteiger partial charge on any atom is -0.378 e. The molecule has 0 aliphatic heterocycles. The fourth-order valence-corrected chi connectivity index (χ4v) is 3.14. The van der Waals surface area contributed by atoms with E-state index < -0.39 is 12.6 Å². The van der Waals surface area contributed by atoms with E-state index in [2.05, 4.69) is 20.9 Å². The van der Waals surface area contributed by atoms with E-state index in [1.807, 2.05) is 62.4 Å². The number of benzene rings is 2. The zero-order chi connectivity index (χ0) is 22.2. The van der Waals surface area contributed by atoms with Crippen molar-refractivity contribution < 1.29 is 14.0 Å². The number of nitrogens with zero attached hydrogens (tertiary/aromatic N) is 1. The molecule has 0 aliphatic rings. The van der Waals surface area contributed by atoms with Crippen LogP contribution in [0.15, 0.2) is 67.0 Å². The number of alkyl halides is 1. The van der Waals surface area contributed by atoms with Crippen molar-refractivity contribution in [2.75, 3.05) is 17.3 Å². The normalized spacial score (nSPS) is 11.5. The summed E-state index contributed by atoms with van der Waals surface area (Å²) < 4.78 is 12.4. The Labute approximate surface area is 180 Å². The van der Waals surface area contributed by atoms with Crippen LogP contribution in [0.2, 0.25) is 0 Å². The predicted molar refractivity (Wildman–Crippen MR) is 120 cm³/mol. The summed E-state index contributed by atoms with van der Waals surface area (Å²) in [5.74, 6) is -0.863. The molecular formula is C24H25FN4O2. The fraction of sp³-hybridized carbons (Fsp3) is 0.208. The van der Waals surface area contributed by atoms with Gasteiger partial charge in [-0.2, -0.15) is 0 Å². The molecule has 1 aromatic heterocycles. The Morgan fingerprint density at radius 1 is 1.06 bits per heavy atom. The van der Waals surface area contributed by atoms with Crippen molar-refractivity contribution in [1.29, 1.82) is 0 Å². The number of aromatic nitrogens is 1. The van der Waals surface area contributed by atoms with Crippen LogP contribution >= 0.6 is 0 Å². The summed E-state index contributed by atoms with van der Waals surface area (Å²) in [6.45, 7) is 3.09. The first-order valence-electron chi connectivity index (χ1n) is 9.96. The maximum absolute atomic E-state index is 12.5. The molecule has 0 aliphatic carbocycles. The summed E-state index contributed by atoms with van der Waals surface area (Å²) in [5, 5.41) is 8.87. The van der Waals surface area contributed by atoms with Gasteiger partial charge in [-0.05, 0) is 54.8 Å². The maximum Gasteiger partial charge on any atom is 0.257 e. The molecule has 3 aromatic rings. The first-order valence-corrected chi connectivity index (χ1v) is 9.96. The highest BCUT2D eigenvalue weighted by Crippen LogP contribution is 2.24. The lowest BCUT2D eigenvalue weighted by molar-refractivity contribution is -0.122. The number of aryl methyl sites for hydroxylation is 1. The van der Waals surface area contributed by atoms with Crippen molar-refractivity contribution in [2.24, 2.45) is 0 Å². The summed E-state index contributed by atoms with van der Waals surface area (Å²) in [7, 11) is 0. The molecule has 1 heterocycles. The van der Waals surface area contributed by atoms with E-state index in [1.54, 1.807) is 12.3 Å². The highest BCUT2D eigenvalue weighted by molar-refractivity contribution is 6.04. The molecule has 7 heteroatoms. The number of anilines is 2. The van der Waals surface area contributed by atoms with Crippen molar-refractivity contribution >= 4 is 23.2 Å². The van der Waals surface area contributed by atoms with Gasteiger partial charge in [0.25, 0.3) is 11.8 Å². The van der Waals surface area contributed by atoms with Crippen LogP contribution in [0, 0.1) is 6.92 Å². The van der Waals surface area contributed by atoms with Gasteiger partial charge in [0.2, 0.25) is 0 Å². The monoisotopic (exact) mass is 420 g/mol. The van der Waals surface area contributed by atoms with Crippen LogP contribution in [-0.4, -0.2) is 23.5 Å². The van der Waals surface area contributed by atoms with Crippen LogP contribution in [0.3, 0.4) is 0 Å². The molecule has 31 heavy (non-hydrogen) atoms. The number of halogens is 1. The zero-order valence-electron chi connectivity index (χ0n) is 17.5. The fourth-order valence-electron chi connectivity index (χ4n) is 3.14. The number of rotatable bonds is 8. The summed E-state index contributed by atoms with van der Waals surface area (Å²) in [6, 6.07) is 16.8. The van der Waals surface area contributed by atoms with Gasteiger partial charge in [-0.15, -0.1) is 0 Å². The van der Waals surface area contributed by atoms with Crippen molar-refractivity contribution in [3.63, 3.8) is 0 Å². The van der Waals surface area contributed by atoms with E-state index in [0.29, 0.717) is 11.3 Å². The van der Waals surface area contributed by atoms with Crippen molar-refractivity contribution in [3.05, 3.63) is 89.2 Å². The zero-order valence-corrected chi connectivity index (χ0v) is 17.5.